The van der Waals surface area contributed by atoms with Crippen molar-refractivity contribution in [3.63, 3.8) is 0 Å². The van der Waals surface area contributed by atoms with E-state index < -0.39 is 117 Å². The van der Waals surface area contributed by atoms with E-state index in [1.165, 1.54) is 0 Å². The first-order valence-corrected chi connectivity index (χ1v) is 11.5. The van der Waals surface area contributed by atoms with Crippen LogP contribution in [0.4, 0.5) is 0 Å². The van der Waals surface area contributed by atoms with Crippen molar-refractivity contribution >= 4 is 0 Å². The minimum atomic E-state index is -2.53. The fraction of sp³-hybridized carbons (Fsp3) is 1.00. The van der Waals surface area contributed by atoms with Gasteiger partial charge < -0.3 is 86.8 Å². The van der Waals surface area contributed by atoms with Crippen molar-refractivity contribution in [3.05, 3.63) is 0 Å². The van der Waals surface area contributed by atoms with Crippen LogP contribution in [-0.2, 0) is 23.7 Å². The summed E-state index contributed by atoms with van der Waals surface area (Å²) in [5, 5.41) is 92.2. The van der Waals surface area contributed by atoms with Crippen LogP contribution in [0.2, 0.25) is 0 Å². The van der Waals surface area contributed by atoms with Crippen LogP contribution in [0.5, 0.6) is 0 Å². The van der Waals surface area contributed by atoms with Gasteiger partial charge in [0.2, 0.25) is 0 Å². The Morgan fingerprint density at radius 2 is 1.33 bits per heavy atom. The van der Waals surface area contributed by atoms with E-state index in [9.17, 15) is 46.0 Å². The van der Waals surface area contributed by atoms with Gasteiger partial charge >= 0.3 is 5.97 Å². The quantitative estimate of drug-likeness (QED) is 0.157. The molecule has 4 fully saturated rings. The summed E-state index contributed by atoms with van der Waals surface area (Å²) in [5.74, 6) is -2.53. The lowest BCUT2D eigenvalue weighted by Crippen LogP contribution is -2.71. The topological polar surface area (TPSA) is 306 Å². The molecule has 0 aromatic carbocycles. The number of hydrogen-bond donors (Lipinski definition) is 12. The molecule has 4 aliphatic rings. The Labute approximate surface area is 204 Å². The molecule has 0 bridgehead atoms. The monoisotopic (exact) mass is 529 g/mol. The number of fused-ring (bicyclic) bond motifs is 1. The minimum Gasteiger partial charge on any atom is -0.395 e. The molecule has 4 unspecified atom stereocenters. The molecule has 210 valence electrons. The summed E-state index contributed by atoms with van der Waals surface area (Å²) in [6.07, 6.45) is -20.9. The average molecular weight is 529 g/mol. The highest BCUT2D eigenvalue weighted by Crippen LogP contribution is 2.45. The van der Waals surface area contributed by atoms with Crippen LogP contribution in [0.3, 0.4) is 0 Å². The molecule has 0 radical (unpaired) electrons. The van der Waals surface area contributed by atoms with E-state index in [2.05, 4.69) is 0 Å². The van der Waals surface area contributed by atoms with Gasteiger partial charge in [-0.05, 0) is 0 Å². The Hall–Kier alpha value is -0.680. The third-order valence-corrected chi connectivity index (χ3v) is 7.25. The number of nitrogens with two attached hydrogens (primary N) is 3. The Morgan fingerprint density at radius 1 is 0.750 bits per heavy atom. The van der Waals surface area contributed by atoms with E-state index in [1.54, 1.807) is 0 Å². The molecule has 1 saturated carbocycles. The van der Waals surface area contributed by atoms with Crippen LogP contribution in [0, 0.1) is 0 Å². The standard InChI is InChI=1S/C19H35N3O14/c20-3(1-23)13-11(29)12(30)17(31)19(34-13)35-15-7(25)4(2-24)32-18(16(15)36-19)33-14-9(27)5(21)8(26)6(22)10(14)28/h3-18,23-31H,1-2,20-22H2/t3-,4+,5-,6+,7-,8?,9+,10-,11+,12-,13+,14?,15-,16-,17?,18-,19?/m0/s1. The molecule has 0 aromatic heterocycles. The van der Waals surface area contributed by atoms with Crippen molar-refractivity contribution in [3.8, 4) is 0 Å². The molecule has 4 rings (SSSR count). The van der Waals surface area contributed by atoms with Crippen molar-refractivity contribution < 1.29 is 69.6 Å². The highest BCUT2D eigenvalue weighted by molar-refractivity contribution is 5.06. The Kier molecular flexibility index (Phi) is 8.24. The first-order valence-electron chi connectivity index (χ1n) is 11.5. The molecule has 17 heteroatoms. The summed E-state index contributed by atoms with van der Waals surface area (Å²) in [4.78, 5) is 0. The smallest absolute Gasteiger partial charge is 0.314 e. The molecule has 0 aromatic rings. The van der Waals surface area contributed by atoms with Gasteiger partial charge in [0.05, 0.1) is 37.4 Å². The Morgan fingerprint density at radius 3 is 1.89 bits per heavy atom. The number of aliphatic hydroxyl groups is 9. The van der Waals surface area contributed by atoms with Crippen LogP contribution >= 0.6 is 0 Å². The zero-order chi connectivity index (χ0) is 26.7. The second-order valence-corrected chi connectivity index (χ2v) is 9.57. The maximum atomic E-state index is 10.7. The maximum absolute atomic E-state index is 10.7. The van der Waals surface area contributed by atoms with E-state index in [1.807, 2.05) is 0 Å². The molecular weight excluding hydrogens is 494 g/mol. The lowest BCUT2D eigenvalue weighted by molar-refractivity contribution is -0.439. The van der Waals surface area contributed by atoms with Crippen molar-refractivity contribution in [2.45, 2.75) is 104 Å². The van der Waals surface area contributed by atoms with E-state index >= 15 is 0 Å². The number of aliphatic hydroxyl groups excluding tert-OH is 9. The van der Waals surface area contributed by atoms with Gasteiger partial charge in [0.25, 0.3) is 0 Å². The second kappa shape index (κ2) is 10.5. The van der Waals surface area contributed by atoms with Gasteiger partial charge in [-0.3, -0.25) is 0 Å². The largest absolute Gasteiger partial charge is 0.395 e. The lowest BCUT2D eigenvalue weighted by Gasteiger charge is -2.47. The van der Waals surface area contributed by atoms with Gasteiger partial charge in [-0.2, -0.15) is 0 Å². The zero-order valence-electron chi connectivity index (χ0n) is 19.0. The lowest BCUT2D eigenvalue weighted by atomic mass is 9.82. The molecule has 1 spiro atoms. The van der Waals surface area contributed by atoms with Gasteiger partial charge in [-0.15, -0.1) is 0 Å². The first-order chi connectivity index (χ1) is 16.9. The molecule has 3 saturated heterocycles. The molecule has 17 atom stereocenters. The summed E-state index contributed by atoms with van der Waals surface area (Å²) in [7, 11) is 0. The van der Waals surface area contributed by atoms with Crippen molar-refractivity contribution in [2.24, 2.45) is 17.2 Å². The van der Waals surface area contributed by atoms with Crippen molar-refractivity contribution in [1.82, 2.24) is 0 Å². The van der Waals surface area contributed by atoms with Crippen LogP contribution in [-0.4, -0.2) is 163 Å². The summed E-state index contributed by atoms with van der Waals surface area (Å²) < 4.78 is 28.3. The van der Waals surface area contributed by atoms with E-state index in [0.717, 1.165) is 0 Å². The van der Waals surface area contributed by atoms with Gasteiger partial charge in [-0.25, -0.2) is 0 Å². The predicted octanol–water partition coefficient (Wildman–Crippen LogP) is -8.56. The van der Waals surface area contributed by atoms with Crippen LogP contribution < -0.4 is 17.2 Å². The van der Waals surface area contributed by atoms with Crippen molar-refractivity contribution in [2.75, 3.05) is 13.2 Å². The molecular formula is C19H35N3O14. The summed E-state index contributed by atoms with van der Waals surface area (Å²) in [6, 6.07) is -3.85. The summed E-state index contributed by atoms with van der Waals surface area (Å²) in [5.41, 5.74) is 17.3. The third kappa shape index (κ3) is 4.46. The van der Waals surface area contributed by atoms with E-state index in [-0.39, 0.29) is 0 Å². The first kappa shape index (κ1) is 28.3. The fourth-order valence-corrected chi connectivity index (χ4v) is 4.99. The third-order valence-electron chi connectivity index (χ3n) is 7.25. The fourth-order valence-electron chi connectivity index (χ4n) is 4.99. The minimum absolute atomic E-state index is 0.679. The average Bonchev–Trinajstić information content (AvgIpc) is 3.27. The molecule has 0 amide bonds. The Balaban J connectivity index is 1.63. The van der Waals surface area contributed by atoms with Gasteiger partial charge in [0, 0.05) is 0 Å². The van der Waals surface area contributed by atoms with Gasteiger partial charge in [0.15, 0.2) is 12.4 Å². The van der Waals surface area contributed by atoms with Crippen molar-refractivity contribution in [1.29, 1.82) is 0 Å². The van der Waals surface area contributed by atoms with Crippen LogP contribution in [0.15, 0.2) is 0 Å². The van der Waals surface area contributed by atoms with Crippen LogP contribution in [0.1, 0.15) is 0 Å². The van der Waals surface area contributed by atoms with E-state index in [4.69, 9.17) is 40.9 Å². The maximum Gasteiger partial charge on any atom is 0.314 e. The van der Waals surface area contributed by atoms with E-state index in [0.29, 0.717) is 0 Å². The number of rotatable bonds is 5. The molecule has 17 nitrogen and oxygen atoms in total. The number of hydrogen-bond acceptors (Lipinski definition) is 17. The van der Waals surface area contributed by atoms with Gasteiger partial charge in [-0.1, -0.05) is 0 Å². The normalized spacial score (nSPS) is 56.5. The second-order valence-electron chi connectivity index (χ2n) is 9.57. The predicted molar refractivity (Wildman–Crippen MR) is 111 cm³/mol. The molecule has 36 heavy (non-hydrogen) atoms. The molecule has 3 heterocycles. The highest BCUT2D eigenvalue weighted by atomic mass is 16.9. The molecule has 3 aliphatic heterocycles. The highest BCUT2D eigenvalue weighted by Gasteiger charge is 2.67. The SMILES string of the molecule is N[C@@H]1C(O)[C@H](N)[C@@H](O)C(O[C@@H]2O[C@H](CO)[C@H](O)[C@@H]3OC4(O[C@H]23)O[C@H]([C@@H](N)CO)[C@H](O)[C@H](O)C4O)[C@H]1O. The van der Waals surface area contributed by atoms with Crippen LogP contribution in [0.25, 0.3) is 0 Å². The molecule has 15 N–H and O–H groups in total. The van der Waals surface area contributed by atoms with Gasteiger partial charge in [0.1, 0.15) is 61.0 Å². The summed E-state index contributed by atoms with van der Waals surface area (Å²) >= 11 is 0. The zero-order valence-corrected chi connectivity index (χ0v) is 19.0. The summed E-state index contributed by atoms with van der Waals surface area (Å²) in [6.45, 7) is -1.42. The Bertz CT molecular complexity index is 755. The molecule has 1 aliphatic carbocycles. The number of ether oxygens (including phenoxy) is 5.